The van der Waals surface area contributed by atoms with E-state index >= 15 is 0 Å². The number of rotatable bonds is 8. The summed E-state index contributed by atoms with van der Waals surface area (Å²) in [5.41, 5.74) is -2.87. The van der Waals surface area contributed by atoms with Crippen LogP contribution in [0.25, 0.3) is 0 Å². The molecule has 198 valence electrons. The van der Waals surface area contributed by atoms with Crippen molar-refractivity contribution in [1.29, 1.82) is 0 Å². The molecule has 0 radical (unpaired) electrons. The summed E-state index contributed by atoms with van der Waals surface area (Å²) in [4.78, 5) is 13.3. The van der Waals surface area contributed by atoms with Crippen LogP contribution in [0.4, 0.5) is 26.3 Å². The molecule has 0 aliphatic heterocycles. The number of para-hydroxylation sites is 1. The minimum atomic E-state index is -4.94. The zero-order valence-electron chi connectivity index (χ0n) is 20.3. The van der Waals surface area contributed by atoms with Crippen LogP contribution in [0.15, 0.2) is 42.5 Å². The van der Waals surface area contributed by atoms with Crippen molar-refractivity contribution in [2.24, 2.45) is 11.3 Å². The standard InChI is InChI=1S/C26H30F6N2O2/c1-16(2)24(9-8-21(13-24)33-15-18-6-4-5-7-22(18)36-3)23(35)34-14-17-10-19(25(27,28)29)12-20(11-17)26(30,31)32/h4-7,10-12,16,21,33H,8-9,13-15H2,1-3H3,(H,34,35)/t21-,24+/m1/s1. The molecular weight excluding hydrogens is 486 g/mol. The molecule has 1 aliphatic rings. The Morgan fingerprint density at radius 1 is 1.03 bits per heavy atom. The molecule has 1 fully saturated rings. The Balaban J connectivity index is 1.71. The Morgan fingerprint density at radius 3 is 2.19 bits per heavy atom. The fourth-order valence-electron chi connectivity index (χ4n) is 4.83. The molecule has 0 unspecified atom stereocenters. The second kappa shape index (κ2) is 10.7. The molecule has 0 heterocycles. The van der Waals surface area contributed by atoms with Gasteiger partial charge in [0.05, 0.1) is 23.7 Å². The second-order valence-corrected chi connectivity index (χ2v) is 9.54. The van der Waals surface area contributed by atoms with Crippen LogP contribution in [0.3, 0.4) is 0 Å². The lowest BCUT2D eigenvalue weighted by Gasteiger charge is -2.32. The van der Waals surface area contributed by atoms with E-state index in [2.05, 4.69) is 10.6 Å². The predicted molar refractivity (Wildman–Crippen MR) is 123 cm³/mol. The Labute approximate surface area is 206 Å². The number of benzene rings is 2. The van der Waals surface area contributed by atoms with Crippen molar-refractivity contribution < 1.29 is 35.9 Å². The number of nitrogens with one attached hydrogen (secondary N) is 2. The highest BCUT2D eigenvalue weighted by molar-refractivity contribution is 5.83. The molecule has 1 aliphatic carbocycles. The van der Waals surface area contributed by atoms with Gasteiger partial charge in [-0.15, -0.1) is 0 Å². The summed E-state index contributed by atoms with van der Waals surface area (Å²) in [6.07, 6.45) is -8.11. The number of alkyl halides is 6. The molecule has 4 nitrogen and oxygen atoms in total. The molecule has 2 atom stereocenters. The molecule has 10 heteroatoms. The predicted octanol–water partition coefficient (Wildman–Crippen LogP) is 6.33. The third kappa shape index (κ3) is 6.32. The summed E-state index contributed by atoms with van der Waals surface area (Å²) in [6, 6.07) is 8.95. The number of hydrogen-bond acceptors (Lipinski definition) is 3. The van der Waals surface area contributed by atoms with E-state index in [1.54, 1.807) is 7.11 Å². The average Bonchev–Trinajstić information content (AvgIpc) is 3.26. The van der Waals surface area contributed by atoms with Crippen molar-refractivity contribution >= 4 is 5.91 Å². The van der Waals surface area contributed by atoms with Gasteiger partial charge in [-0.3, -0.25) is 4.79 Å². The fraction of sp³-hybridized carbons (Fsp3) is 0.500. The topological polar surface area (TPSA) is 50.4 Å². The van der Waals surface area contributed by atoms with Gasteiger partial charge in [0.1, 0.15) is 5.75 Å². The van der Waals surface area contributed by atoms with E-state index in [0.717, 1.165) is 11.3 Å². The Morgan fingerprint density at radius 2 is 1.64 bits per heavy atom. The van der Waals surface area contributed by atoms with E-state index in [-0.39, 0.29) is 29.5 Å². The molecule has 1 amide bonds. The zero-order valence-corrected chi connectivity index (χ0v) is 20.3. The van der Waals surface area contributed by atoms with E-state index < -0.39 is 35.4 Å². The van der Waals surface area contributed by atoms with Gasteiger partial charge < -0.3 is 15.4 Å². The molecule has 2 N–H and O–H groups in total. The summed E-state index contributed by atoms with van der Waals surface area (Å²) in [7, 11) is 1.59. The van der Waals surface area contributed by atoms with Gasteiger partial charge in [0.25, 0.3) is 0 Å². The van der Waals surface area contributed by atoms with Crippen LogP contribution in [-0.4, -0.2) is 19.1 Å². The van der Waals surface area contributed by atoms with Crippen molar-refractivity contribution in [3.05, 3.63) is 64.7 Å². The highest BCUT2D eigenvalue weighted by Gasteiger charge is 2.47. The van der Waals surface area contributed by atoms with Crippen molar-refractivity contribution in [2.45, 2.75) is 64.6 Å². The summed E-state index contributed by atoms with van der Waals surface area (Å²) in [6.45, 7) is 3.90. The largest absolute Gasteiger partial charge is 0.496 e. The van der Waals surface area contributed by atoms with E-state index in [4.69, 9.17) is 4.74 Å². The summed E-state index contributed by atoms with van der Waals surface area (Å²) in [5, 5.41) is 6.06. The van der Waals surface area contributed by atoms with Gasteiger partial charge in [0.15, 0.2) is 0 Å². The molecule has 0 spiro atoms. The third-order valence-electron chi connectivity index (χ3n) is 6.98. The number of halogens is 6. The van der Waals surface area contributed by atoms with Crippen molar-refractivity contribution in [1.82, 2.24) is 10.6 Å². The number of carbonyl (C=O) groups is 1. The normalized spacial score (nSPS) is 20.6. The van der Waals surface area contributed by atoms with E-state index in [9.17, 15) is 31.1 Å². The molecule has 2 aromatic rings. The van der Waals surface area contributed by atoms with Gasteiger partial charge in [-0.1, -0.05) is 32.0 Å². The average molecular weight is 517 g/mol. The molecule has 36 heavy (non-hydrogen) atoms. The monoisotopic (exact) mass is 516 g/mol. The van der Waals surface area contributed by atoms with Crippen LogP contribution in [0, 0.1) is 11.3 Å². The number of ether oxygens (including phenoxy) is 1. The lowest BCUT2D eigenvalue weighted by atomic mass is 9.74. The van der Waals surface area contributed by atoms with Gasteiger partial charge in [0, 0.05) is 24.7 Å². The maximum absolute atomic E-state index is 13.3. The Kier molecular flexibility index (Phi) is 8.27. The van der Waals surface area contributed by atoms with Crippen molar-refractivity contribution in [3.8, 4) is 5.75 Å². The fourth-order valence-corrected chi connectivity index (χ4v) is 4.83. The molecule has 0 saturated heterocycles. The first-order chi connectivity index (χ1) is 16.8. The van der Waals surface area contributed by atoms with Crippen LogP contribution in [0.2, 0.25) is 0 Å². The maximum atomic E-state index is 13.3. The third-order valence-corrected chi connectivity index (χ3v) is 6.98. The zero-order chi connectivity index (χ0) is 26.7. The van der Waals surface area contributed by atoms with E-state index in [0.29, 0.717) is 37.9 Å². The first-order valence-electron chi connectivity index (χ1n) is 11.7. The van der Waals surface area contributed by atoms with Crippen LogP contribution >= 0.6 is 0 Å². The van der Waals surface area contributed by atoms with Gasteiger partial charge >= 0.3 is 12.4 Å². The minimum Gasteiger partial charge on any atom is -0.496 e. The van der Waals surface area contributed by atoms with Crippen molar-refractivity contribution in [3.63, 3.8) is 0 Å². The summed E-state index contributed by atoms with van der Waals surface area (Å²) in [5.74, 6) is 0.294. The van der Waals surface area contributed by atoms with Gasteiger partial charge in [-0.05, 0) is 55.0 Å². The van der Waals surface area contributed by atoms with Gasteiger partial charge in [0.2, 0.25) is 5.91 Å². The number of amides is 1. The molecule has 2 aromatic carbocycles. The van der Waals surface area contributed by atoms with Crippen LogP contribution < -0.4 is 15.4 Å². The second-order valence-electron chi connectivity index (χ2n) is 9.54. The van der Waals surface area contributed by atoms with Crippen LogP contribution in [0.1, 0.15) is 55.4 Å². The van der Waals surface area contributed by atoms with Gasteiger partial charge in [-0.25, -0.2) is 0 Å². The van der Waals surface area contributed by atoms with E-state index in [1.165, 1.54) is 0 Å². The number of hydrogen-bond donors (Lipinski definition) is 2. The Bertz CT molecular complexity index is 1030. The molecule has 0 bridgehead atoms. The van der Waals surface area contributed by atoms with Gasteiger partial charge in [-0.2, -0.15) is 26.3 Å². The lowest BCUT2D eigenvalue weighted by molar-refractivity contribution is -0.143. The number of carbonyl (C=O) groups excluding carboxylic acids is 1. The van der Waals surface area contributed by atoms with Crippen LogP contribution in [0.5, 0.6) is 5.75 Å². The minimum absolute atomic E-state index is 0.0217. The molecular formula is C26H30F6N2O2. The number of methoxy groups -OCH3 is 1. The van der Waals surface area contributed by atoms with E-state index in [1.807, 2.05) is 38.1 Å². The first kappa shape index (κ1) is 27.8. The quantitative estimate of drug-likeness (QED) is 0.403. The van der Waals surface area contributed by atoms with Crippen molar-refractivity contribution in [2.75, 3.05) is 7.11 Å². The summed E-state index contributed by atoms with van der Waals surface area (Å²) < 4.78 is 84.3. The Hall–Kier alpha value is -2.75. The first-order valence-corrected chi connectivity index (χ1v) is 11.7. The molecule has 1 saturated carbocycles. The van der Waals surface area contributed by atoms with Crippen LogP contribution in [-0.2, 0) is 30.2 Å². The highest BCUT2D eigenvalue weighted by atomic mass is 19.4. The maximum Gasteiger partial charge on any atom is 0.416 e. The molecule has 3 rings (SSSR count). The smallest absolute Gasteiger partial charge is 0.416 e. The lowest BCUT2D eigenvalue weighted by Crippen LogP contribution is -2.43. The molecule has 0 aromatic heterocycles. The highest BCUT2D eigenvalue weighted by Crippen LogP contribution is 2.45. The summed E-state index contributed by atoms with van der Waals surface area (Å²) >= 11 is 0. The SMILES string of the molecule is COc1ccccc1CN[C@@H]1CC[C@@](C(=O)NCc2cc(C(F)(F)F)cc(C(F)(F)F)c2)(C(C)C)C1.